The van der Waals surface area contributed by atoms with Crippen LogP contribution in [0.1, 0.15) is 11.1 Å². The van der Waals surface area contributed by atoms with Crippen molar-refractivity contribution in [3.63, 3.8) is 0 Å². The zero-order valence-corrected chi connectivity index (χ0v) is 16.5. The van der Waals surface area contributed by atoms with Crippen molar-refractivity contribution in [3.8, 4) is 0 Å². The van der Waals surface area contributed by atoms with Crippen LogP contribution in [0.15, 0.2) is 75.9 Å². The second-order valence-electron chi connectivity index (χ2n) is 7.48. The highest BCUT2D eigenvalue weighted by Crippen LogP contribution is 2.26. The Bertz CT molecular complexity index is 1240. The normalized spacial score (nSPS) is 12.2. The first kappa shape index (κ1) is 18.9. The molecule has 3 aromatic carbocycles. The number of carbonyl (C=O) groups excluding carboxylic acids is 1. The molecule has 1 atom stereocenters. The van der Waals surface area contributed by atoms with E-state index in [4.69, 9.17) is 4.42 Å². The minimum Gasteiger partial charge on any atom is -0.423 e. The van der Waals surface area contributed by atoms with Crippen LogP contribution in [0, 0.1) is 6.92 Å². The van der Waals surface area contributed by atoms with Crippen molar-refractivity contribution < 1.29 is 14.1 Å². The molecule has 0 aliphatic carbocycles. The smallest absolute Gasteiger partial charge is 0.336 e. The van der Waals surface area contributed by atoms with Gasteiger partial charge < -0.3 is 14.6 Å². The van der Waals surface area contributed by atoms with E-state index in [9.17, 15) is 9.59 Å². The number of amides is 1. The number of quaternary nitrogens is 1. The number of nitrogens with one attached hydrogen (secondary N) is 2. The SMILES string of the molecule is Cc1ccc(NC(=O)C[NH+](C)Cc2cc(=O)oc3ccc4ccccc4c23)cc1. The number of hydrogen-bond donors (Lipinski definition) is 2. The summed E-state index contributed by atoms with van der Waals surface area (Å²) in [6.07, 6.45) is 0. The highest BCUT2D eigenvalue weighted by Gasteiger charge is 2.16. The molecule has 0 radical (unpaired) electrons. The van der Waals surface area contributed by atoms with Crippen molar-refractivity contribution >= 4 is 33.3 Å². The van der Waals surface area contributed by atoms with Crippen LogP contribution in [-0.4, -0.2) is 19.5 Å². The van der Waals surface area contributed by atoms with Crippen LogP contribution in [-0.2, 0) is 11.3 Å². The summed E-state index contributed by atoms with van der Waals surface area (Å²) >= 11 is 0. The monoisotopic (exact) mass is 387 g/mol. The summed E-state index contributed by atoms with van der Waals surface area (Å²) in [4.78, 5) is 25.5. The first-order chi connectivity index (χ1) is 14.0. The fourth-order valence-corrected chi connectivity index (χ4v) is 3.66. The van der Waals surface area contributed by atoms with Crippen molar-refractivity contribution in [2.45, 2.75) is 13.5 Å². The maximum absolute atomic E-state index is 12.4. The van der Waals surface area contributed by atoms with E-state index in [1.165, 1.54) is 6.07 Å². The summed E-state index contributed by atoms with van der Waals surface area (Å²) in [5.74, 6) is -0.0662. The van der Waals surface area contributed by atoms with Gasteiger partial charge in [-0.2, -0.15) is 0 Å². The molecule has 2 N–H and O–H groups in total. The van der Waals surface area contributed by atoms with Gasteiger partial charge in [0.1, 0.15) is 12.1 Å². The molecule has 0 saturated carbocycles. The maximum Gasteiger partial charge on any atom is 0.336 e. The molecule has 1 amide bonds. The Hall–Kier alpha value is -3.44. The van der Waals surface area contributed by atoms with E-state index < -0.39 is 0 Å². The van der Waals surface area contributed by atoms with E-state index >= 15 is 0 Å². The Labute approximate surface area is 168 Å². The number of likely N-dealkylation sites (N-methyl/N-ethyl adjacent to an activating group) is 1. The van der Waals surface area contributed by atoms with Crippen LogP contribution in [0.25, 0.3) is 21.7 Å². The molecular formula is C24H23N2O3+. The average molecular weight is 387 g/mol. The molecule has 0 bridgehead atoms. The van der Waals surface area contributed by atoms with Crippen molar-refractivity contribution in [3.05, 3.63) is 88.3 Å². The van der Waals surface area contributed by atoms with E-state index in [-0.39, 0.29) is 11.5 Å². The van der Waals surface area contributed by atoms with E-state index in [1.54, 1.807) is 0 Å². The molecule has 1 aromatic heterocycles. The van der Waals surface area contributed by atoms with Gasteiger partial charge in [0.25, 0.3) is 5.91 Å². The first-order valence-electron chi connectivity index (χ1n) is 9.62. The largest absolute Gasteiger partial charge is 0.423 e. The predicted octanol–water partition coefficient (Wildman–Crippen LogP) is 2.91. The predicted molar refractivity (Wildman–Crippen MR) is 115 cm³/mol. The number of anilines is 1. The summed E-state index contributed by atoms with van der Waals surface area (Å²) in [5, 5.41) is 5.99. The summed E-state index contributed by atoms with van der Waals surface area (Å²) in [7, 11) is 1.94. The van der Waals surface area contributed by atoms with E-state index in [2.05, 4.69) is 5.32 Å². The summed E-state index contributed by atoms with van der Waals surface area (Å²) in [6.45, 7) is 2.84. The van der Waals surface area contributed by atoms with Gasteiger partial charge in [-0.05, 0) is 35.9 Å². The zero-order chi connectivity index (χ0) is 20.4. The number of rotatable bonds is 5. The Kier molecular flexibility index (Phi) is 5.14. The van der Waals surface area contributed by atoms with E-state index in [1.807, 2.05) is 74.6 Å². The van der Waals surface area contributed by atoms with Crippen molar-refractivity contribution in [2.75, 3.05) is 18.9 Å². The number of hydrogen-bond acceptors (Lipinski definition) is 3. The van der Waals surface area contributed by atoms with Gasteiger partial charge in [0, 0.05) is 22.7 Å². The van der Waals surface area contributed by atoms with Crippen LogP contribution in [0.5, 0.6) is 0 Å². The van der Waals surface area contributed by atoms with Crippen LogP contribution >= 0.6 is 0 Å². The van der Waals surface area contributed by atoms with Crippen molar-refractivity contribution in [2.24, 2.45) is 0 Å². The number of benzene rings is 3. The fraction of sp³-hybridized carbons (Fsp3) is 0.167. The van der Waals surface area contributed by atoms with Crippen molar-refractivity contribution in [1.82, 2.24) is 0 Å². The van der Waals surface area contributed by atoms with Crippen LogP contribution < -0.4 is 15.8 Å². The Balaban J connectivity index is 1.58. The van der Waals surface area contributed by atoms with Crippen LogP contribution in [0.4, 0.5) is 5.69 Å². The molecule has 0 spiro atoms. The highest BCUT2D eigenvalue weighted by atomic mass is 16.4. The molecule has 0 aliphatic rings. The third kappa shape index (κ3) is 4.20. The average Bonchev–Trinajstić information content (AvgIpc) is 2.69. The third-order valence-electron chi connectivity index (χ3n) is 5.00. The van der Waals surface area contributed by atoms with Crippen LogP contribution in [0.3, 0.4) is 0 Å². The minimum absolute atomic E-state index is 0.0662. The molecule has 0 fully saturated rings. The van der Waals surface area contributed by atoms with Gasteiger partial charge in [0.2, 0.25) is 0 Å². The van der Waals surface area contributed by atoms with Gasteiger partial charge >= 0.3 is 5.63 Å². The lowest BCUT2D eigenvalue weighted by molar-refractivity contribution is -0.885. The van der Waals surface area contributed by atoms with Crippen molar-refractivity contribution in [1.29, 1.82) is 0 Å². The lowest BCUT2D eigenvalue weighted by Gasteiger charge is -2.15. The molecule has 0 aliphatic heterocycles. The number of carbonyl (C=O) groups is 1. The maximum atomic E-state index is 12.4. The second kappa shape index (κ2) is 7.89. The van der Waals surface area contributed by atoms with Gasteiger partial charge in [0.15, 0.2) is 6.54 Å². The summed E-state index contributed by atoms with van der Waals surface area (Å²) in [5.41, 5.74) is 3.01. The molecule has 1 heterocycles. The van der Waals surface area contributed by atoms with Crippen LogP contribution in [0.2, 0.25) is 0 Å². The summed E-state index contributed by atoms with van der Waals surface area (Å²) < 4.78 is 5.42. The van der Waals surface area contributed by atoms with E-state index in [0.717, 1.165) is 37.9 Å². The van der Waals surface area contributed by atoms with Gasteiger partial charge in [-0.25, -0.2) is 4.79 Å². The van der Waals surface area contributed by atoms with Gasteiger partial charge in [-0.3, -0.25) is 4.79 Å². The van der Waals surface area contributed by atoms with Gasteiger partial charge in [-0.1, -0.05) is 48.0 Å². The molecule has 0 saturated heterocycles. The third-order valence-corrected chi connectivity index (χ3v) is 5.00. The molecule has 5 nitrogen and oxygen atoms in total. The Morgan fingerprint density at radius 3 is 2.59 bits per heavy atom. The van der Waals surface area contributed by atoms with E-state index in [0.29, 0.717) is 18.7 Å². The quantitative estimate of drug-likeness (QED) is 0.409. The molecular weight excluding hydrogens is 364 g/mol. The summed E-state index contributed by atoms with van der Waals surface area (Å²) in [6, 6.07) is 21.1. The molecule has 146 valence electrons. The lowest BCUT2D eigenvalue weighted by atomic mass is 10.0. The van der Waals surface area contributed by atoms with Gasteiger partial charge in [0.05, 0.1) is 7.05 Å². The number of aryl methyl sites for hydroxylation is 1. The second-order valence-corrected chi connectivity index (χ2v) is 7.48. The fourth-order valence-electron chi connectivity index (χ4n) is 3.66. The molecule has 1 unspecified atom stereocenters. The molecule has 29 heavy (non-hydrogen) atoms. The molecule has 4 rings (SSSR count). The number of fused-ring (bicyclic) bond motifs is 3. The standard InChI is InChI=1S/C24H22N2O3/c1-16-7-10-19(11-8-16)25-22(27)15-26(2)14-18-13-23(28)29-21-12-9-17-5-3-4-6-20(17)24(18)21/h3-13H,14-15H2,1-2H3,(H,25,27)/p+1. The zero-order valence-electron chi connectivity index (χ0n) is 16.5. The lowest BCUT2D eigenvalue weighted by Crippen LogP contribution is -3.08. The first-order valence-corrected chi connectivity index (χ1v) is 9.62. The highest BCUT2D eigenvalue weighted by molar-refractivity contribution is 6.07. The molecule has 5 heteroatoms. The topological polar surface area (TPSA) is 63.8 Å². The van der Waals surface area contributed by atoms with Gasteiger partial charge in [-0.15, -0.1) is 0 Å². The molecule has 4 aromatic rings. The minimum atomic E-state index is -0.375. The Morgan fingerprint density at radius 2 is 1.79 bits per heavy atom. The Morgan fingerprint density at radius 1 is 1.03 bits per heavy atom.